The highest BCUT2D eigenvalue weighted by atomic mass is 15.5. The molecule has 1 heterocycles. The van der Waals surface area contributed by atoms with Gasteiger partial charge in [-0.3, -0.25) is 0 Å². The molecule has 0 spiro atoms. The summed E-state index contributed by atoms with van der Waals surface area (Å²) in [6.45, 7) is 2.43. The van der Waals surface area contributed by atoms with Crippen LogP contribution in [0.15, 0.2) is 0 Å². The average Bonchev–Trinajstić information content (AvgIpc) is 2.61. The van der Waals surface area contributed by atoms with Crippen LogP contribution in [-0.2, 0) is 0 Å². The summed E-state index contributed by atoms with van der Waals surface area (Å²) in [5.41, 5.74) is 3.70. The first kappa shape index (κ1) is 14.3. The van der Waals surface area contributed by atoms with Crippen molar-refractivity contribution in [3.8, 4) is 0 Å². The summed E-state index contributed by atoms with van der Waals surface area (Å²) in [4.78, 5) is 0. The van der Waals surface area contributed by atoms with Gasteiger partial charge in [-0.05, 0) is 25.7 Å². The van der Waals surface area contributed by atoms with Gasteiger partial charge in [0.25, 0.3) is 0 Å². The average molecular weight is 251 g/mol. The number of rotatable bonds is 1. The molecule has 2 fully saturated rings. The molecule has 0 atom stereocenters. The maximum atomic E-state index is 3.70. The molecule has 1 saturated heterocycles. The quantitative estimate of drug-likeness (QED) is 0.689. The van der Waals surface area contributed by atoms with Gasteiger partial charge in [-0.25, -0.2) is 0 Å². The molecule has 0 aromatic rings. The largest absolute Gasteiger partial charge is 0.224 e. The second-order valence-corrected chi connectivity index (χ2v) is 6.02. The van der Waals surface area contributed by atoms with E-state index in [9.17, 15) is 0 Å². The summed E-state index contributed by atoms with van der Waals surface area (Å²) < 4.78 is 0. The predicted octanol–water partition coefficient (Wildman–Crippen LogP) is 4.26. The number of hydrazine groups is 1. The van der Waals surface area contributed by atoms with Crippen molar-refractivity contribution in [3.63, 3.8) is 0 Å². The van der Waals surface area contributed by atoms with Crippen molar-refractivity contribution in [3.05, 3.63) is 6.04 Å². The number of nitrogens with zero attached hydrogens (tertiary/aromatic N) is 1. The Labute approximate surface area is 113 Å². The molecule has 1 N–H and O–H groups in total. The first-order valence-electron chi connectivity index (χ1n) is 8.32. The highest BCUT2D eigenvalue weighted by Crippen LogP contribution is 2.25. The highest BCUT2D eigenvalue weighted by molar-refractivity contribution is 4.92. The Kier molecular flexibility index (Phi) is 7.11. The van der Waals surface area contributed by atoms with Crippen molar-refractivity contribution >= 4 is 0 Å². The Bertz CT molecular complexity index is 163. The van der Waals surface area contributed by atoms with Gasteiger partial charge in [-0.2, -0.15) is 0 Å². The minimum absolute atomic E-state index is 1.18. The molecule has 1 aliphatic carbocycles. The fourth-order valence-electron chi connectivity index (χ4n) is 3.25. The first-order chi connectivity index (χ1) is 8.97. The molecule has 2 radical (unpaired) electrons. The van der Waals surface area contributed by atoms with Crippen LogP contribution in [0.3, 0.4) is 0 Å². The molecule has 1 aliphatic heterocycles. The molecule has 0 bridgehead atoms. The molecule has 0 amide bonds. The van der Waals surface area contributed by atoms with Crippen molar-refractivity contribution in [1.82, 2.24) is 10.4 Å². The van der Waals surface area contributed by atoms with E-state index in [1.54, 1.807) is 6.04 Å². The van der Waals surface area contributed by atoms with E-state index in [0.717, 1.165) is 0 Å². The van der Waals surface area contributed by atoms with Crippen LogP contribution in [0.2, 0.25) is 0 Å². The number of hydrogen-bond donors (Lipinski definition) is 1. The third-order valence-corrected chi connectivity index (χ3v) is 4.42. The van der Waals surface area contributed by atoms with Gasteiger partial charge in [0, 0.05) is 19.3 Å². The minimum Gasteiger partial charge on any atom is -0.118 e. The van der Waals surface area contributed by atoms with Crippen LogP contribution in [0.4, 0.5) is 0 Å². The van der Waals surface area contributed by atoms with Crippen LogP contribution in [0, 0.1) is 6.04 Å². The second kappa shape index (κ2) is 8.92. The standard InChI is InChI=1S/C16H31N2/c1-2-5-9-13-16(12-8-4-1)18-15-11-7-3-6-10-14-17-18/h17H,1-15H2/q+1. The molecule has 104 valence electrons. The maximum Gasteiger partial charge on any atom is 0.224 e. The molecule has 1 saturated carbocycles. The molecule has 2 heteroatoms. The molecule has 2 nitrogen and oxygen atoms in total. The SMILES string of the molecule is C1CCCC[C]([N+]2CCCCCCCN2)CCC1. The van der Waals surface area contributed by atoms with Crippen LogP contribution in [0.1, 0.15) is 83.5 Å². The van der Waals surface area contributed by atoms with Gasteiger partial charge < -0.3 is 0 Å². The molecule has 2 aliphatic rings. The lowest BCUT2D eigenvalue weighted by molar-refractivity contribution is 0.290. The Morgan fingerprint density at radius 1 is 0.611 bits per heavy atom. The molecular weight excluding hydrogens is 220 g/mol. The third-order valence-electron chi connectivity index (χ3n) is 4.42. The zero-order valence-corrected chi connectivity index (χ0v) is 12.1. The lowest BCUT2D eigenvalue weighted by Gasteiger charge is -2.19. The van der Waals surface area contributed by atoms with Crippen molar-refractivity contribution in [2.24, 2.45) is 0 Å². The van der Waals surface area contributed by atoms with Crippen molar-refractivity contribution in [2.75, 3.05) is 13.1 Å². The predicted molar refractivity (Wildman–Crippen MR) is 78.3 cm³/mol. The van der Waals surface area contributed by atoms with Crippen LogP contribution in [0.5, 0.6) is 0 Å². The number of hydrogen-bond acceptors (Lipinski definition) is 2. The fourth-order valence-corrected chi connectivity index (χ4v) is 3.25. The maximum absolute atomic E-state index is 3.70. The van der Waals surface area contributed by atoms with E-state index in [-0.39, 0.29) is 0 Å². The number of nitrogens with one attached hydrogen (secondary N) is 1. The van der Waals surface area contributed by atoms with Gasteiger partial charge in [0.15, 0.2) is 0 Å². The summed E-state index contributed by atoms with van der Waals surface area (Å²) in [7, 11) is 0. The van der Waals surface area contributed by atoms with E-state index in [2.05, 4.69) is 10.4 Å². The molecule has 0 aromatic carbocycles. The fraction of sp³-hybridized carbons (Fsp3) is 0.938. The van der Waals surface area contributed by atoms with E-state index < -0.39 is 0 Å². The highest BCUT2D eigenvalue weighted by Gasteiger charge is 2.30. The molecular formula is C16H31N2+. The Balaban J connectivity index is 1.83. The molecule has 0 aromatic heterocycles. The first-order valence-corrected chi connectivity index (χ1v) is 8.32. The van der Waals surface area contributed by atoms with Gasteiger partial charge in [0.2, 0.25) is 6.04 Å². The van der Waals surface area contributed by atoms with Gasteiger partial charge in [0.05, 0.1) is 6.54 Å². The monoisotopic (exact) mass is 251 g/mol. The van der Waals surface area contributed by atoms with Crippen molar-refractivity contribution in [1.29, 1.82) is 0 Å². The third kappa shape index (κ3) is 5.27. The van der Waals surface area contributed by atoms with E-state index in [0.29, 0.717) is 0 Å². The Morgan fingerprint density at radius 3 is 1.89 bits per heavy atom. The van der Waals surface area contributed by atoms with Crippen molar-refractivity contribution < 1.29 is 0 Å². The van der Waals surface area contributed by atoms with E-state index in [1.165, 1.54) is 96.6 Å². The normalized spacial score (nSPS) is 27.3. The summed E-state index contributed by atoms with van der Waals surface area (Å²) >= 11 is 0. The smallest absolute Gasteiger partial charge is 0.118 e. The topological polar surface area (TPSA) is 17.9 Å². The van der Waals surface area contributed by atoms with Crippen LogP contribution < -0.4 is 10.4 Å². The summed E-state index contributed by atoms with van der Waals surface area (Å²) in [5.74, 6) is 0. The second-order valence-electron chi connectivity index (χ2n) is 6.02. The lowest BCUT2D eigenvalue weighted by atomic mass is 10.0. The zero-order valence-electron chi connectivity index (χ0n) is 12.1. The summed E-state index contributed by atoms with van der Waals surface area (Å²) in [6.07, 6.45) is 18.3. The van der Waals surface area contributed by atoms with Gasteiger partial charge in [-0.1, -0.05) is 43.5 Å². The molecule has 2 rings (SSSR count). The van der Waals surface area contributed by atoms with Crippen LogP contribution in [0.25, 0.3) is 0 Å². The Morgan fingerprint density at radius 2 is 1.17 bits per heavy atom. The van der Waals surface area contributed by atoms with E-state index in [1.807, 2.05) is 0 Å². The van der Waals surface area contributed by atoms with Crippen LogP contribution >= 0.6 is 0 Å². The van der Waals surface area contributed by atoms with Crippen LogP contribution in [-0.4, -0.2) is 13.1 Å². The minimum atomic E-state index is 1.18. The lowest BCUT2D eigenvalue weighted by Crippen LogP contribution is -2.47. The van der Waals surface area contributed by atoms with E-state index >= 15 is 0 Å². The zero-order chi connectivity index (χ0) is 12.5. The summed E-state index contributed by atoms with van der Waals surface area (Å²) in [6, 6.07) is 1.71. The molecule has 0 unspecified atom stereocenters. The van der Waals surface area contributed by atoms with E-state index in [4.69, 9.17) is 0 Å². The summed E-state index contributed by atoms with van der Waals surface area (Å²) in [5, 5.41) is 2.54. The van der Waals surface area contributed by atoms with Gasteiger partial charge in [-0.15, -0.1) is 5.43 Å². The van der Waals surface area contributed by atoms with Gasteiger partial charge in [0.1, 0.15) is 6.54 Å². The van der Waals surface area contributed by atoms with Gasteiger partial charge >= 0.3 is 0 Å². The Hall–Kier alpha value is -0.0800. The van der Waals surface area contributed by atoms with Crippen molar-refractivity contribution in [2.45, 2.75) is 83.5 Å². The molecule has 18 heavy (non-hydrogen) atoms.